The van der Waals surface area contributed by atoms with Crippen molar-refractivity contribution < 1.29 is 19.0 Å². The number of imidazole rings is 1. The van der Waals surface area contributed by atoms with Crippen LogP contribution in [0.15, 0.2) is 6.33 Å². The third-order valence-electron chi connectivity index (χ3n) is 3.94. The molecule has 0 amide bonds. The van der Waals surface area contributed by atoms with Crippen LogP contribution in [0.4, 0.5) is 5.95 Å². The molecule has 0 saturated carbocycles. The van der Waals surface area contributed by atoms with E-state index in [1.807, 2.05) is 6.92 Å². The molecule has 2 aromatic rings. The van der Waals surface area contributed by atoms with E-state index in [4.69, 9.17) is 31.5 Å². The van der Waals surface area contributed by atoms with Gasteiger partial charge in [-0.05, 0) is 0 Å². The Bertz CT molecular complexity index is 751. The molecule has 0 bridgehead atoms. The highest BCUT2D eigenvalue weighted by Crippen LogP contribution is 2.37. The van der Waals surface area contributed by atoms with Crippen LogP contribution in [0.25, 0.3) is 11.2 Å². The number of ether oxygens (including phenoxy) is 3. The molecule has 0 aromatic carbocycles. The Morgan fingerprint density at radius 2 is 2.17 bits per heavy atom. The lowest BCUT2D eigenvalue weighted by atomic mass is 10.0. The van der Waals surface area contributed by atoms with Crippen LogP contribution < -0.4 is 5.73 Å². The number of esters is 1. The van der Waals surface area contributed by atoms with E-state index in [-0.39, 0.29) is 17.0 Å². The number of methoxy groups -OCH3 is 2. The molecule has 1 aliphatic heterocycles. The van der Waals surface area contributed by atoms with E-state index in [1.165, 1.54) is 13.4 Å². The van der Waals surface area contributed by atoms with Crippen molar-refractivity contribution in [3.05, 3.63) is 11.5 Å². The monoisotopic (exact) mass is 341 g/mol. The van der Waals surface area contributed by atoms with Crippen molar-refractivity contribution in [2.75, 3.05) is 20.0 Å². The van der Waals surface area contributed by atoms with Gasteiger partial charge in [-0.1, -0.05) is 18.5 Å². The zero-order valence-corrected chi connectivity index (χ0v) is 13.5. The molecule has 0 aliphatic carbocycles. The molecule has 3 rings (SSSR count). The lowest BCUT2D eigenvalue weighted by Crippen LogP contribution is -2.30. The smallest absolute Gasteiger partial charge is 0.335 e. The predicted molar refractivity (Wildman–Crippen MR) is 80.6 cm³/mol. The number of nitrogens with zero attached hydrogens (tertiary/aromatic N) is 4. The van der Waals surface area contributed by atoms with Crippen molar-refractivity contribution in [1.82, 2.24) is 19.5 Å². The minimum absolute atomic E-state index is 0.0220. The lowest BCUT2D eigenvalue weighted by molar-refractivity contribution is -0.157. The van der Waals surface area contributed by atoms with Crippen molar-refractivity contribution in [1.29, 1.82) is 0 Å². The van der Waals surface area contributed by atoms with E-state index in [2.05, 4.69) is 15.0 Å². The maximum Gasteiger partial charge on any atom is 0.335 e. The molecule has 1 saturated heterocycles. The zero-order chi connectivity index (χ0) is 16.7. The molecule has 124 valence electrons. The molecule has 0 radical (unpaired) electrons. The van der Waals surface area contributed by atoms with Gasteiger partial charge in [0.25, 0.3) is 0 Å². The number of carbonyl (C=O) groups is 1. The fourth-order valence-electron chi connectivity index (χ4n) is 2.81. The number of halogens is 1. The van der Waals surface area contributed by atoms with E-state index in [1.54, 1.807) is 11.7 Å². The van der Waals surface area contributed by atoms with Crippen LogP contribution >= 0.6 is 11.6 Å². The number of nitrogens with two attached hydrogens (primary N) is 1. The first kappa shape index (κ1) is 15.9. The van der Waals surface area contributed by atoms with Crippen LogP contribution in [0.3, 0.4) is 0 Å². The third kappa shape index (κ3) is 2.50. The molecule has 1 aliphatic rings. The van der Waals surface area contributed by atoms with Crippen LogP contribution in [-0.4, -0.2) is 51.9 Å². The van der Waals surface area contributed by atoms with Gasteiger partial charge in [-0.2, -0.15) is 9.97 Å². The molecule has 1 fully saturated rings. The van der Waals surface area contributed by atoms with Gasteiger partial charge in [0.2, 0.25) is 5.95 Å². The lowest BCUT2D eigenvalue weighted by Gasteiger charge is -2.20. The van der Waals surface area contributed by atoms with Gasteiger partial charge >= 0.3 is 5.97 Å². The van der Waals surface area contributed by atoms with Gasteiger partial charge in [0.05, 0.1) is 13.4 Å². The highest BCUT2D eigenvalue weighted by Gasteiger charge is 2.47. The maximum atomic E-state index is 11.9. The van der Waals surface area contributed by atoms with Gasteiger partial charge in [0.15, 0.2) is 23.1 Å². The molecular weight excluding hydrogens is 326 g/mol. The summed E-state index contributed by atoms with van der Waals surface area (Å²) in [6.45, 7) is 1.85. The van der Waals surface area contributed by atoms with Gasteiger partial charge in [0.1, 0.15) is 11.6 Å². The summed E-state index contributed by atoms with van der Waals surface area (Å²) in [6, 6.07) is 0. The second-order valence-electron chi connectivity index (χ2n) is 5.23. The summed E-state index contributed by atoms with van der Waals surface area (Å²) in [5, 5.41) is 0.149. The molecule has 0 spiro atoms. The van der Waals surface area contributed by atoms with Crippen LogP contribution in [0.1, 0.15) is 13.2 Å². The number of fused-ring (bicyclic) bond motifs is 1. The van der Waals surface area contributed by atoms with Gasteiger partial charge < -0.3 is 19.9 Å². The molecule has 2 N–H and O–H groups in total. The first-order valence-corrected chi connectivity index (χ1v) is 7.27. The highest BCUT2D eigenvalue weighted by atomic mass is 35.5. The van der Waals surface area contributed by atoms with Crippen molar-refractivity contribution >= 4 is 34.7 Å². The first-order valence-electron chi connectivity index (χ1n) is 6.89. The molecule has 2 aromatic heterocycles. The van der Waals surface area contributed by atoms with Crippen LogP contribution in [0.5, 0.6) is 0 Å². The average Bonchev–Trinajstić information content (AvgIpc) is 3.07. The molecule has 23 heavy (non-hydrogen) atoms. The number of anilines is 1. The number of hydrogen-bond acceptors (Lipinski definition) is 8. The van der Waals surface area contributed by atoms with Gasteiger partial charge in [0, 0.05) is 13.0 Å². The second kappa shape index (κ2) is 5.91. The van der Waals surface area contributed by atoms with Gasteiger partial charge in [-0.3, -0.25) is 4.57 Å². The van der Waals surface area contributed by atoms with Crippen LogP contribution in [-0.2, 0) is 19.0 Å². The van der Waals surface area contributed by atoms with Gasteiger partial charge in [-0.25, -0.2) is 9.78 Å². The molecule has 0 unspecified atom stereocenters. The molecule has 4 atom stereocenters. The summed E-state index contributed by atoms with van der Waals surface area (Å²) in [7, 11) is 2.86. The Kier molecular flexibility index (Phi) is 4.09. The Labute approximate surface area is 136 Å². The van der Waals surface area contributed by atoms with E-state index in [9.17, 15) is 4.79 Å². The summed E-state index contributed by atoms with van der Waals surface area (Å²) in [4.78, 5) is 24.1. The van der Waals surface area contributed by atoms with E-state index in [0.29, 0.717) is 11.2 Å². The summed E-state index contributed by atoms with van der Waals surface area (Å²) in [5.74, 6) is -0.656. The molecule has 10 heteroatoms. The van der Waals surface area contributed by atoms with Crippen molar-refractivity contribution in [2.24, 2.45) is 5.92 Å². The SMILES string of the molecule is COC(=O)[C@H]1O[C@@H](n2cnc3c(Cl)nc(N)nc32)[C@H](OC)[C@@H]1C. The standard InChI is InChI=1S/C13H16ClN5O4/c1-5-7(21-2)11(23-8(5)12(20)22-3)19-4-16-6-9(14)17-13(15)18-10(6)19/h4-5,7-8,11H,1-3H3,(H2,15,17,18)/t5-,7+,8-,11+/m0/s1. The fourth-order valence-corrected chi connectivity index (χ4v) is 3.03. The number of aromatic nitrogens is 4. The maximum absolute atomic E-state index is 11.9. The minimum atomic E-state index is -0.748. The fraction of sp³-hybridized carbons (Fsp3) is 0.538. The second-order valence-corrected chi connectivity index (χ2v) is 5.58. The number of nitrogen functional groups attached to an aromatic ring is 1. The highest BCUT2D eigenvalue weighted by molar-refractivity contribution is 6.33. The average molecular weight is 342 g/mol. The Hall–Kier alpha value is -1.97. The largest absolute Gasteiger partial charge is 0.467 e. The van der Waals surface area contributed by atoms with Crippen molar-refractivity contribution in [3.8, 4) is 0 Å². The van der Waals surface area contributed by atoms with Crippen molar-refractivity contribution in [3.63, 3.8) is 0 Å². The summed E-state index contributed by atoms with van der Waals surface area (Å²) in [6.07, 6.45) is -0.253. The van der Waals surface area contributed by atoms with E-state index in [0.717, 1.165) is 0 Å². The summed E-state index contributed by atoms with van der Waals surface area (Å²) in [5.41, 5.74) is 6.46. The number of hydrogen-bond donors (Lipinski definition) is 1. The molecule has 3 heterocycles. The molecule has 9 nitrogen and oxygen atoms in total. The van der Waals surface area contributed by atoms with Crippen LogP contribution in [0, 0.1) is 5.92 Å². The quantitative estimate of drug-likeness (QED) is 0.643. The minimum Gasteiger partial charge on any atom is -0.467 e. The Balaban J connectivity index is 2.05. The third-order valence-corrected chi connectivity index (χ3v) is 4.20. The van der Waals surface area contributed by atoms with E-state index < -0.39 is 24.4 Å². The first-order chi connectivity index (χ1) is 11.0. The topological polar surface area (TPSA) is 114 Å². The zero-order valence-electron chi connectivity index (χ0n) is 12.8. The van der Waals surface area contributed by atoms with Crippen LogP contribution in [0.2, 0.25) is 5.15 Å². The molecular formula is C13H16ClN5O4. The Morgan fingerprint density at radius 1 is 1.43 bits per heavy atom. The summed E-state index contributed by atoms with van der Waals surface area (Å²) >= 11 is 6.03. The number of carbonyl (C=O) groups excluding carboxylic acids is 1. The van der Waals surface area contributed by atoms with Crippen molar-refractivity contribution in [2.45, 2.75) is 25.4 Å². The Morgan fingerprint density at radius 3 is 2.83 bits per heavy atom. The summed E-state index contributed by atoms with van der Waals surface area (Å²) < 4.78 is 17.8. The predicted octanol–water partition coefficient (Wildman–Crippen LogP) is 0.783. The van der Waals surface area contributed by atoms with Gasteiger partial charge in [-0.15, -0.1) is 0 Å². The van der Waals surface area contributed by atoms with E-state index >= 15 is 0 Å². The number of rotatable bonds is 3. The normalized spacial score (nSPS) is 27.5.